The van der Waals surface area contributed by atoms with Crippen LogP contribution >= 0.6 is 11.6 Å². The van der Waals surface area contributed by atoms with Crippen molar-refractivity contribution in [1.29, 1.82) is 0 Å². The van der Waals surface area contributed by atoms with Gasteiger partial charge in [0.1, 0.15) is 5.57 Å². The zero-order valence-electron chi connectivity index (χ0n) is 19.7. The highest BCUT2D eigenvalue weighted by atomic mass is 35.5. The Morgan fingerprint density at radius 3 is 2.57 bits per heavy atom. The van der Waals surface area contributed by atoms with Crippen molar-refractivity contribution in [3.63, 3.8) is 0 Å². The maximum atomic E-state index is 13.1. The van der Waals surface area contributed by atoms with Crippen molar-refractivity contribution in [2.75, 3.05) is 24.1 Å². The number of ether oxygens (including phenoxy) is 2. The van der Waals surface area contributed by atoms with E-state index in [-0.39, 0.29) is 29.1 Å². The SMILES string of the molecule is Cc1cc(-c2cccc(NS(C)(=O)=O)c2)c(Cl)cc1C1=C(OC(=O)C(F)(F)F)C2(CCCNC2)OC1=O. The number of hydrogen-bond acceptors (Lipinski definition) is 7. The first kappa shape index (κ1) is 27.0. The van der Waals surface area contributed by atoms with Crippen molar-refractivity contribution in [3.05, 3.63) is 58.3 Å². The van der Waals surface area contributed by atoms with E-state index < -0.39 is 39.5 Å². The van der Waals surface area contributed by atoms with Gasteiger partial charge in [-0.2, -0.15) is 13.2 Å². The number of halogens is 4. The smallest absolute Gasteiger partial charge is 0.446 e. The Hall–Kier alpha value is -3.09. The van der Waals surface area contributed by atoms with Gasteiger partial charge in [-0.1, -0.05) is 23.7 Å². The molecule has 13 heteroatoms. The van der Waals surface area contributed by atoms with Crippen LogP contribution in [0.15, 0.2) is 42.2 Å². The first-order valence-corrected chi connectivity index (χ1v) is 13.3. The molecule has 198 valence electrons. The molecular formula is C24H22ClF3N2O6S. The van der Waals surface area contributed by atoms with Crippen LogP contribution in [0.2, 0.25) is 5.02 Å². The summed E-state index contributed by atoms with van der Waals surface area (Å²) < 4.78 is 75.2. The molecular weight excluding hydrogens is 537 g/mol. The summed E-state index contributed by atoms with van der Waals surface area (Å²) in [4.78, 5) is 24.8. The minimum absolute atomic E-state index is 0.0201. The fraction of sp³-hybridized carbons (Fsp3) is 0.333. The zero-order chi connectivity index (χ0) is 27.2. The number of anilines is 1. The van der Waals surface area contributed by atoms with Gasteiger partial charge < -0.3 is 14.8 Å². The Morgan fingerprint density at radius 1 is 1.22 bits per heavy atom. The molecule has 2 aliphatic heterocycles. The van der Waals surface area contributed by atoms with Gasteiger partial charge >= 0.3 is 18.1 Å². The number of benzene rings is 2. The molecule has 1 spiro atoms. The molecule has 0 saturated carbocycles. The third kappa shape index (κ3) is 5.60. The number of carbonyl (C=O) groups is 2. The normalized spacial score (nSPS) is 20.2. The third-order valence-corrected chi connectivity index (χ3v) is 6.88. The summed E-state index contributed by atoms with van der Waals surface area (Å²) in [6.45, 7) is 2.15. The number of nitrogens with one attached hydrogen (secondary N) is 2. The van der Waals surface area contributed by atoms with Crippen LogP contribution in [0.25, 0.3) is 16.7 Å². The molecule has 37 heavy (non-hydrogen) atoms. The lowest BCUT2D eigenvalue weighted by Gasteiger charge is -2.33. The van der Waals surface area contributed by atoms with Crippen molar-refractivity contribution in [2.24, 2.45) is 0 Å². The highest BCUT2D eigenvalue weighted by molar-refractivity contribution is 7.92. The Bertz CT molecular complexity index is 1420. The fourth-order valence-electron chi connectivity index (χ4n) is 4.42. The minimum atomic E-state index is -5.28. The van der Waals surface area contributed by atoms with E-state index in [4.69, 9.17) is 21.1 Å². The van der Waals surface area contributed by atoms with Gasteiger partial charge in [0.05, 0.1) is 6.26 Å². The van der Waals surface area contributed by atoms with E-state index >= 15 is 0 Å². The summed E-state index contributed by atoms with van der Waals surface area (Å²) in [6.07, 6.45) is -3.63. The van der Waals surface area contributed by atoms with Crippen molar-refractivity contribution in [2.45, 2.75) is 31.5 Å². The maximum Gasteiger partial charge on any atom is 0.491 e. The molecule has 2 aliphatic rings. The Balaban J connectivity index is 1.83. The van der Waals surface area contributed by atoms with Gasteiger partial charge in [0, 0.05) is 22.8 Å². The molecule has 1 atom stereocenters. The molecule has 0 amide bonds. The van der Waals surface area contributed by atoms with Gasteiger partial charge in [-0.15, -0.1) is 0 Å². The number of esters is 2. The van der Waals surface area contributed by atoms with Gasteiger partial charge in [0.2, 0.25) is 10.0 Å². The number of piperidine rings is 1. The topological polar surface area (TPSA) is 111 Å². The first-order chi connectivity index (χ1) is 17.2. The monoisotopic (exact) mass is 558 g/mol. The highest BCUT2D eigenvalue weighted by Crippen LogP contribution is 2.45. The first-order valence-electron chi connectivity index (χ1n) is 11.1. The van der Waals surface area contributed by atoms with Crippen molar-refractivity contribution < 1.29 is 40.7 Å². The summed E-state index contributed by atoms with van der Waals surface area (Å²) in [7, 11) is -3.53. The molecule has 2 aromatic rings. The van der Waals surface area contributed by atoms with Crippen molar-refractivity contribution >= 4 is 44.8 Å². The minimum Gasteiger partial charge on any atom is -0.446 e. The number of aryl methyl sites for hydroxylation is 1. The fourth-order valence-corrected chi connectivity index (χ4v) is 5.25. The van der Waals surface area contributed by atoms with Crippen LogP contribution in [0.4, 0.5) is 18.9 Å². The lowest BCUT2D eigenvalue weighted by molar-refractivity contribution is -0.198. The van der Waals surface area contributed by atoms with Gasteiger partial charge in [-0.25, -0.2) is 18.0 Å². The van der Waals surface area contributed by atoms with Crippen LogP contribution in [-0.4, -0.2) is 51.5 Å². The summed E-state index contributed by atoms with van der Waals surface area (Å²) >= 11 is 6.54. The molecule has 8 nitrogen and oxygen atoms in total. The predicted octanol–water partition coefficient (Wildman–Crippen LogP) is 4.18. The van der Waals surface area contributed by atoms with Crippen molar-refractivity contribution in [3.8, 4) is 11.1 Å². The van der Waals surface area contributed by atoms with Crippen LogP contribution in [0.5, 0.6) is 0 Å². The van der Waals surface area contributed by atoms with E-state index in [2.05, 4.69) is 10.0 Å². The Morgan fingerprint density at radius 2 is 1.95 bits per heavy atom. The average Bonchev–Trinajstić information content (AvgIpc) is 3.04. The zero-order valence-corrected chi connectivity index (χ0v) is 21.2. The molecule has 2 N–H and O–H groups in total. The Labute approximate surface area is 215 Å². The number of sulfonamides is 1. The highest BCUT2D eigenvalue weighted by Gasteiger charge is 2.54. The van der Waals surface area contributed by atoms with Crippen LogP contribution < -0.4 is 10.0 Å². The second-order valence-corrected chi connectivity index (χ2v) is 11.0. The average molecular weight is 559 g/mol. The van der Waals surface area contributed by atoms with E-state index in [0.717, 1.165) is 6.26 Å². The van der Waals surface area contributed by atoms with E-state index in [1.165, 1.54) is 6.07 Å². The third-order valence-electron chi connectivity index (χ3n) is 5.96. The molecule has 4 rings (SSSR count). The van der Waals surface area contributed by atoms with E-state index in [1.54, 1.807) is 37.3 Å². The van der Waals surface area contributed by atoms with Gasteiger partial charge in [-0.05, 0) is 67.3 Å². The maximum absolute atomic E-state index is 13.1. The molecule has 2 heterocycles. The molecule has 0 aliphatic carbocycles. The molecule has 0 aromatic heterocycles. The second kappa shape index (κ2) is 9.66. The van der Waals surface area contributed by atoms with Crippen LogP contribution in [-0.2, 0) is 29.1 Å². The van der Waals surface area contributed by atoms with E-state index in [9.17, 15) is 31.2 Å². The molecule has 0 radical (unpaired) electrons. The largest absolute Gasteiger partial charge is 0.491 e. The summed E-state index contributed by atoms with van der Waals surface area (Å²) in [5.74, 6) is -3.89. The van der Waals surface area contributed by atoms with Crippen molar-refractivity contribution in [1.82, 2.24) is 5.32 Å². The van der Waals surface area contributed by atoms with Crippen LogP contribution in [0.1, 0.15) is 24.0 Å². The predicted molar refractivity (Wildman–Crippen MR) is 130 cm³/mol. The van der Waals surface area contributed by atoms with Gasteiger partial charge in [0.25, 0.3) is 0 Å². The lowest BCUT2D eigenvalue weighted by atomic mass is 9.88. The molecule has 2 aromatic carbocycles. The molecule has 1 saturated heterocycles. The second-order valence-electron chi connectivity index (χ2n) is 8.86. The number of carbonyl (C=O) groups excluding carboxylic acids is 2. The number of rotatable bonds is 5. The molecule has 0 bridgehead atoms. The summed E-state index contributed by atoms with van der Waals surface area (Å²) in [6, 6.07) is 9.41. The molecule has 1 unspecified atom stereocenters. The molecule has 1 fully saturated rings. The van der Waals surface area contributed by atoms with Gasteiger partial charge in [-0.3, -0.25) is 4.72 Å². The standard InChI is InChI=1S/C24H22ClF3N2O6S/c1-13-9-17(14-5-3-6-15(10-14)30-37(2,33)34)18(25)11-16(13)19-20(35-22(32)24(26,27)28)23(36-21(19)31)7-4-8-29-12-23/h3,5-6,9-11,29-30H,4,7-8,12H2,1-2H3. The number of alkyl halides is 3. The van der Waals surface area contributed by atoms with E-state index in [1.807, 2.05) is 0 Å². The lowest BCUT2D eigenvalue weighted by Crippen LogP contribution is -2.48. The number of hydrogen-bond donors (Lipinski definition) is 2. The quantitative estimate of drug-likeness (QED) is 0.530. The summed E-state index contributed by atoms with van der Waals surface area (Å²) in [5.41, 5.74) is 0.0517. The van der Waals surface area contributed by atoms with E-state index in [0.29, 0.717) is 35.3 Å². The Kier molecular flexibility index (Phi) is 7.04. The summed E-state index contributed by atoms with van der Waals surface area (Å²) in [5, 5.41) is 3.10. The van der Waals surface area contributed by atoms with Crippen LogP contribution in [0, 0.1) is 6.92 Å². The van der Waals surface area contributed by atoms with Gasteiger partial charge in [0.15, 0.2) is 11.4 Å². The van der Waals surface area contributed by atoms with Crippen LogP contribution in [0.3, 0.4) is 0 Å².